The van der Waals surface area contributed by atoms with E-state index in [1.165, 1.54) is 24.4 Å². The molecule has 0 fully saturated rings. The van der Waals surface area contributed by atoms with Crippen LogP contribution in [0.25, 0.3) is 0 Å². The summed E-state index contributed by atoms with van der Waals surface area (Å²) >= 11 is 23.4. The normalized spacial score (nSPS) is 10.7. The molecule has 0 atom stereocenters. The van der Waals surface area contributed by atoms with Crippen molar-refractivity contribution in [3.05, 3.63) is 62.1 Å². The van der Waals surface area contributed by atoms with E-state index in [0.717, 1.165) is 0 Å². The number of nitrogens with one attached hydrogen (secondary N) is 2. The van der Waals surface area contributed by atoms with Crippen LogP contribution in [-0.4, -0.2) is 18.0 Å². The molecule has 0 aliphatic rings. The molecule has 0 saturated carbocycles. The van der Waals surface area contributed by atoms with Crippen LogP contribution in [0.15, 0.2) is 41.5 Å². The molecule has 9 heteroatoms. The van der Waals surface area contributed by atoms with Crippen LogP contribution >= 0.6 is 46.4 Å². The van der Waals surface area contributed by atoms with E-state index in [9.17, 15) is 9.59 Å². The second-order valence-electron chi connectivity index (χ2n) is 4.43. The fraction of sp³-hybridized carbons (Fsp3) is 0. The van der Waals surface area contributed by atoms with Crippen molar-refractivity contribution in [1.29, 1.82) is 0 Å². The Morgan fingerprint density at radius 2 is 1.67 bits per heavy atom. The van der Waals surface area contributed by atoms with E-state index in [1.54, 1.807) is 18.2 Å². The molecular formula is C15H9Cl4N3O2. The van der Waals surface area contributed by atoms with Gasteiger partial charge in [0.15, 0.2) is 0 Å². The fourth-order valence-electron chi connectivity index (χ4n) is 1.59. The second kappa shape index (κ2) is 8.35. The lowest BCUT2D eigenvalue weighted by atomic mass is 10.2. The first-order valence-electron chi connectivity index (χ1n) is 6.42. The lowest BCUT2D eigenvalue weighted by Crippen LogP contribution is -2.32. The molecule has 2 rings (SSSR count). The summed E-state index contributed by atoms with van der Waals surface area (Å²) in [5.41, 5.74) is 2.90. The van der Waals surface area contributed by atoms with Gasteiger partial charge in [0.1, 0.15) is 0 Å². The standard InChI is InChI=1S/C15H9Cl4N3O2/c16-10-5-4-9(6-12(10)18)21-14(23)15(24)22-20-7-8-2-1-3-11(17)13(8)19/h1-7H,(H,21,23)(H,22,24). The van der Waals surface area contributed by atoms with Crippen molar-refractivity contribution < 1.29 is 9.59 Å². The van der Waals surface area contributed by atoms with E-state index in [0.29, 0.717) is 21.3 Å². The number of nitrogens with zero attached hydrogens (tertiary/aromatic N) is 1. The minimum atomic E-state index is -0.963. The van der Waals surface area contributed by atoms with Gasteiger partial charge in [0.05, 0.1) is 26.3 Å². The summed E-state index contributed by atoms with van der Waals surface area (Å²) in [4.78, 5) is 23.4. The monoisotopic (exact) mass is 403 g/mol. The molecule has 24 heavy (non-hydrogen) atoms. The largest absolute Gasteiger partial charge is 0.329 e. The SMILES string of the molecule is O=C(NN=Cc1cccc(Cl)c1Cl)C(=O)Nc1ccc(Cl)c(Cl)c1. The number of rotatable bonds is 3. The Morgan fingerprint density at radius 3 is 2.38 bits per heavy atom. The van der Waals surface area contributed by atoms with Crippen molar-refractivity contribution in [2.45, 2.75) is 0 Å². The third-order valence-corrected chi connectivity index (χ3v) is 4.31. The first kappa shape index (κ1) is 18.5. The number of hydrazone groups is 1. The molecule has 0 spiro atoms. The van der Waals surface area contributed by atoms with Crippen molar-refractivity contribution in [3.63, 3.8) is 0 Å². The molecule has 2 aromatic carbocycles. The maximum Gasteiger partial charge on any atom is 0.329 e. The van der Waals surface area contributed by atoms with Crippen LogP contribution in [0.4, 0.5) is 5.69 Å². The second-order valence-corrected chi connectivity index (χ2v) is 6.02. The van der Waals surface area contributed by atoms with Crippen molar-refractivity contribution in [1.82, 2.24) is 5.43 Å². The number of benzene rings is 2. The highest BCUT2D eigenvalue weighted by Crippen LogP contribution is 2.25. The lowest BCUT2D eigenvalue weighted by molar-refractivity contribution is -0.136. The highest BCUT2D eigenvalue weighted by Gasteiger charge is 2.13. The number of hydrogen-bond donors (Lipinski definition) is 2. The summed E-state index contributed by atoms with van der Waals surface area (Å²) < 4.78 is 0. The first-order chi connectivity index (χ1) is 11.4. The molecule has 0 heterocycles. The molecule has 0 aromatic heterocycles. The number of hydrogen-bond acceptors (Lipinski definition) is 3. The van der Waals surface area contributed by atoms with E-state index < -0.39 is 11.8 Å². The predicted molar refractivity (Wildman–Crippen MR) is 97.3 cm³/mol. The summed E-state index contributed by atoms with van der Waals surface area (Å²) in [5, 5.41) is 7.26. The highest BCUT2D eigenvalue weighted by molar-refractivity contribution is 6.44. The quantitative estimate of drug-likeness (QED) is 0.452. The minimum Gasteiger partial charge on any atom is -0.318 e. The minimum absolute atomic E-state index is 0.253. The Kier molecular flexibility index (Phi) is 6.45. The van der Waals surface area contributed by atoms with E-state index in [-0.39, 0.29) is 10.0 Å². The van der Waals surface area contributed by atoms with Crippen molar-refractivity contribution >= 4 is 70.1 Å². The molecule has 0 aliphatic carbocycles. The maximum atomic E-state index is 11.8. The Balaban J connectivity index is 1.96. The first-order valence-corrected chi connectivity index (χ1v) is 7.93. The van der Waals surface area contributed by atoms with Crippen molar-refractivity contribution in [3.8, 4) is 0 Å². The van der Waals surface area contributed by atoms with E-state index in [4.69, 9.17) is 46.4 Å². The smallest absolute Gasteiger partial charge is 0.318 e. The average Bonchev–Trinajstić information content (AvgIpc) is 2.54. The van der Waals surface area contributed by atoms with Crippen LogP contribution in [0.2, 0.25) is 20.1 Å². The molecule has 0 radical (unpaired) electrons. The Morgan fingerprint density at radius 1 is 0.917 bits per heavy atom. The molecule has 0 aliphatic heterocycles. The van der Waals surface area contributed by atoms with Crippen LogP contribution in [0.1, 0.15) is 5.56 Å². The number of carbonyl (C=O) groups is 2. The van der Waals surface area contributed by atoms with Gasteiger partial charge in [-0.05, 0) is 24.3 Å². The summed E-state index contributed by atoms with van der Waals surface area (Å²) in [6.45, 7) is 0. The van der Waals surface area contributed by atoms with Gasteiger partial charge in [0, 0.05) is 11.3 Å². The number of halogens is 4. The van der Waals surface area contributed by atoms with Gasteiger partial charge in [-0.1, -0.05) is 58.5 Å². The fourth-order valence-corrected chi connectivity index (χ4v) is 2.25. The zero-order valence-electron chi connectivity index (χ0n) is 11.8. The van der Waals surface area contributed by atoms with Gasteiger partial charge >= 0.3 is 11.8 Å². The zero-order valence-corrected chi connectivity index (χ0v) is 14.8. The van der Waals surface area contributed by atoms with Crippen molar-refractivity contribution in [2.75, 3.05) is 5.32 Å². The Hall–Kier alpha value is -1.79. The lowest BCUT2D eigenvalue weighted by Gasteiger charge is -2.05. The molecule has 0 unspecified atom stereocenters. The van der Waals surface area contributed by atoms with E-state index in [2.05, 4.69) is 15.8 Å². The van der Waals surface area contributed by atoms with Gasteiger partial charge < -0.3 is 5.32 Å². The predicted octanol–water partition coefficient (Wildman–Crippen LogP) is 4.39. The van der Waals surface area contributed by atoms with E-state index in [1.807, 2.05) is 0 Å². The number of anilines is 1. The third kappa shape index (κ3) is 4.85. The van der Waals surface area contributed by atoms with Crippen LogP contribution in [0.5, 0.6) is 0 Å². The molecule has 0 bridgehead atoms. The number of carbonyl (C=O) groups excluding carboxylic acids is 2. The van der Waals surface area contributed by atoms with Gasteiger partial charge in [-0.25, -0.2) is 5.43 Å². The maximum absolute atomic E-state index is 11.8. The summed E-state index contributed by atoms with van der Waals surface area (Å²) in [7, 11) is 0. The van der Waals surface area contributed by atoms with Gasteiger partial charge in [-0.2, -0.15) is 5.10 Å². The van der Waals surface area contributed by atoms with Gasteiger partial charge in [0.2, 0.25) is 0 Å². The van der Waals surface area contributed by atoms with Crippen LogP contribution in [-0.2, 0) is 9.59 Å². The van der Waals surface area contributed by atoms with Crippen molar-refractivity contribution in [2.24, 2.45) is 5.10 Å². The molecule has 2 amide bonds. The average molecular weight is 405 g/mol. The molecule has 2 aromatic rings. The molecule has 2 N–H and O–H groups in total. The van der Waals surface area contributed by atoms with Gasteiger partial charge in [0.25, 0.3) is 0 Å². The summed E-state index contributed by atoms with van der Waals surface area (Å²) in [6.07, 6.45) is 1.28. The van der Waals surface area contributed by atoms with E-state index >= 15 is 0 Å². The Bertz CT molecular complexity index is 824. The van der Waals surface area contributed by atoms with Crippen LogP contribution in [0, 0.1) is 0 Å². The topological polar surface area (TPSA) is 70.6 Å². The third-order valence-electron chi connectivity index (χ3n) is 2.73. The highest BCUT2D eigenvalue weighted by atomic mass is 35.5. The van der Waals surface area contributed by atoms with Gasteiger partial charge in [-0.3, -0.25) is 9.59 Å². The van der Waals surface area contributed by atoms with Crippen LogP contribution in [0.3, 0.4) is 0 Å². The zero-order chi connectivity index (χ0) is 17.7. The summed E-state index contributed by atoms with van der Waals surface area (Å²) in [5.74, 6) is -1.88. The molecule has 5 nitrogen and oxygen atoms in total. The van der Waals surface area contributed by atoms with Gasteiger partial charge in [-0.15, -0.1) is 0 Å². The van der Waals surface area contributed by atoms with Crippen LogP contribution < -0.4 is 10.7 Å². The molecular weight excluding hydrogens is 396 g/mol. The molecule has 0 saturated heterocycles. The number of amides is 2. The summed E-state index contributed by atoms with van der Waals surface area (Å²) in [6, 6.07) is 9.37. The molecule has 124 valence electrons. The Labute approximate surface area is 157 Å².